The molecule has 0 heterocycles. The minimum atomic E-state index is 0.470. The van der Waals surface area contributed by atoms with Gasteiger partial charge < -0.3 is 9.47 Å². The first-order chi connectivity index (χ1) is 9.81. The van der Waals surface area contributed by atoms with Gasteiger partial charge in [0.1, 0.15) is 24.4 Å². The number of aliphatic imine (C=N–C) groups is 1. The van der Waals surface area contributed by atoms with Gasteiger partial charge in [-0.15, -0.1) is 0 Å². The molecule has 5 heteroatoms. The van der Waals surface area contributed by atoms with Gasteiger partial charge in [0.2, 0.25) is 0 Å². The van der Waals surface area contributed by atoms with E-state index >= 15 is 0 Å². The first kappa shape index (κ1) is 13.9. The van der Waals surface area contributed by atoms with Gasteiger partial charge in [-0.3, -0.25) is 10.7 Å². The summed E-state index contributed by atoms with van der Waals surface area (Å²) in [5.74, 6) is 1.57. The summed E-state index contributed by atoms with van der Waals surface area (Å²) in [7, 11) is 1.64. The molecule has 20 heavy (non-hydrogen) atoms. The normalized spacial score (nSPS) is 10.5. The second-order valence-electron chi connectivity index (χ2n) is 4.02. The molecule has 0 aliphatic rings. The van der Waals surface area contributed by atoms with Crippen molar-refractivity contribution in [1.82, 2.24) is 5.48 Å². The number of nitrogens with zero attached hydrogens (tertiary/aromatic N) is 1. The molecule has 2 aromatic carbocycles. The first-order valence-electron chi connectivity index (χ1n) is 6.10. The van der Waals surface area contributed by atoms with Crippen molar-refractivity contribution in [3.8, 4) is 11.5 Å². The number of methoxy groups -OCH3 is 1. The van der Waals surface area contributed by atoms with E-state index in [4.69, 9.17) is 14.7 Å². The molecular formula is C15H16N2O3. The molecule has 0 amide bonds. The average molecular weight is 272 g/mol. The molecule has 5 nitrogen and oxygen atoms in total. The van der Waals surface area contributed by atoms with Crippen molar-refractivity contribution in [3.05, 3.63) is 54.1 Å². The van der Waals surface area contributed by atoms with E-state index in [0.717, 1.165) is 22.7 Å². The van der Waals surface area contributed by atoms with E-state index in [9.17, 15) is 0 Å². The van der Waals surface area contributed by atoms with E-state index < -0.39 is 0 Å². The quantitative estimate of drug-likeness (QED) is 0.482. The van der Waals surface area contributed by atoms with Gasteiger partial charge in [-0.05, 0) is 42.0 Å². The van der Waals surface area contributed by atoms with Crippen LogP contribution in [0.25, 0.3) is 0 Å². The molecule has 2 aromatic rings. The van der Waals surface area contributed by atoms with Crippen molar-refractivity contribution in [2.24, 2.45) is 4.99 Å². The zero-order chi connectivity index (χ0) is 14.2. The van der Waals surface area contributed by atoms with Crippen molar-refractivity contribution < 1.29 is 14.7 Å². The maximum atomic E-state index is 8.40. The highest BCUT2D eigenvalue weighted by molar-refractivity contribution is 5.59. The summed E-state index contributed by atoms with van der Waals surface area (Å²) in [4.78, 5) is 3.95. The average Bonchev–Trinajstić information content (AvgIpc) is 2.52. The topological polar surface area (TPSA) is 63.1 Å². The number of hydrogen-bond donors (Lipinski definition) is 2. The van der Waals surface area contributed by atoms with E-state index in [-0.39, 0.29) is 0 Å². The van der Waals surface area contributed by atoms with Gasteiger partial charge in [0.15, 0.2) is 0 Å². The summed E-state index contributed by atoms with van der Waals surface area (Å²) >= 11 is 0. The number of hydroxylamine groups is 1. The number of ether oxygens (including phenoxy) is 2. The van der Waals surface area contributed by atoms with Crippen LogP contribution in [0.15, 0.2) is 53.5 Å². The molecule has 0 aliphatic carbocycles. The lowest BCUT2D eigenvalue weighted by Crippen LogP contribution is -2.00. The third kappa shape index (κ3) is 4.00. The Bertz CT molecular complexity index is 568. The maximum Gasteiger partial charge on any atom is 0.119 e. The Labute approximate surface area is 117 Å². The molecule has 0 radical (unpaired) electrons. The fourth-order valence-electron chi connectivity index (χ4n) is 1.66. The second-order valence-corrected chi connectivity index (χ2v) is 4.02. The standard InChI is InChI=1S/C15H16N2O3/c1-19-15-4-2-3-12(9-15)10-20-14-7-5-13(6-8-14)16-11-17-18/h2-9,11,18H,10H2,1H3,(H,16,17). The lowest BCUT2D eigenvalue weighted by molar-refractivity contribution is 0.240. The molecule has 2 N–H and O–H groups in total. The second kappa shape index (κ2) is 7.16. The summed E-state index contributed by atoms with van der Waals surface area (Å²) in [6, 6.07) is 15.0. The van der Waals surface area contributed by atoms with Gasteiger partial charge in [-0.25, -0.2) is 4.99 Å². The van der Waals surface area contributed by atoms with Gasteiger partial charge in [-0.1, -0.05) is 12.1 Å². The smallest absolute Gasteiger partial charge is 0.119 e. The minimum absolute atomic E-state index is 0.470. The largest absolute Gasteiger partial charge is 0.497 e. The Balaban J connectivity index is 1.94. The van der Waals surface area contributed by atoms with E-state index in [1.54, 1.807) is 19.2 Å². The lowest BCUT2D eigenvalue weighted by Gasteiger charge is -2.07. The van der Waals surface area contributed by atoms with Crippen molar-refractivity contribution in [1.29, 1.82) is 0 Å². The number of hydrogen-bond acceptors (Lipinski definition) is 4. The summed E-state index contributed by atoms with van der Waals surface area (Å²) < 4.78 is 10.8. The molecule has 0 aliphatic heterocycles. The van der Waals surface area contributed by atoms with Gasteiger partial charge in [0, 0.05) is 0 Å². The summed E-state index contributed by atoms with van der Waals surface area (Å²) in [6.07, 6.45) is 1.20. The Hall–Kier alpha value is -2.53. The van der Waals surface area contributed by atoms with Crippen molar-refractivity contribution in [2.45, 2.75) is 6.61 Å². The number of rotatable bonds is 6. The Kier molecular flexibility index (Phi) is 4.97. The lowest BCUT2D eigenvalue weighted by atomic mass is 10.2. The summed E-state index contributed by atoms with van der Waals surface area (Å²) in [6.45, 7) is 0.470. The van der Waals surface area contributed by atoms with Crippen LogP contribution >= 0.6 is 0 Å². The molecule has 0 atom stereocenters. The fraction of sp³-hybridized carbons (Fsp3) is 0.133. The molecule has 0 saturated carbocycles. The molecule has 0 saturated heterocycles. The zero-order valence-electron chi connectivity index (χ0n) is 11.1. The molecular weight excluding hydrogens is 256 g/mol. The Morgan fingerprint density at radius 2 is 1.95 bits per heavy atom. The Morgan fingerprint density at radius 1 is 1.15 bits per heavy atom. The van der Waals surface area contributed by atoms with Crippen LogP contribution in [0.3, 0.4) is 0 Å². The molecule has 0 spiro atoms. The highest BCUT2D eigenvalue weighted by atomic mass is 16.5. The zero-order valence-corrected chi connectivity index (χ0v) is 11.1. The SMILES string of the molecule is COc1cccc(COc2ccc(N=CNO)cc2)c1. The van der Waals surface area contributed by atoms with Crippen LogP contribution in [0.1, 0.15) is 5.56 Å². The van der Waals surface area contributed by atoms with Crippen LogP contribution in [0.2, 0.25) is 0 Å². The highest BCUT2D eigenvalue weighted by Gasteiger charge is 1.98. The minimum Gasteiger partial charge on any atom is -0.497 e. The van der Waals surface area contributed by atoms with Crippen LogP contribution in [0.4, 0.5) is 5.69 Å². The van der Waals surface area contributed by atoms with Gasteiger partial charge in [0.25, 0.3) is 0 Å². The van der Waals surface area contributed by atoms with Crippen LogP contribution < -0.4 is 15.0 Å². The third-order valence-corrected chi connectivity index (χ3v) is 2.65. The summed E-state index contributed by atoms with van der Waals surface area (Å²) in [5.41, 5.74) is 3.61. The van der Waals surface area contributed by atoms with Crippen LogP contribution in [-0.4, -0.2) is 18.7 Å². The molecule has 104 valence electrons. The molecule has 0 unspecified atom stereocenters. The van der Waals surface area contributed by atoms with Crippen LogP contribution in [-0.2, 0) is 6.61 Å². The van der Waals surface area contributed by atoms with E-state index in [2.05, 4.69) is 4.99 Å². The molecule has 0 aromatic heterocycles. The van der Waals surface area contributed by atoms with Crippen LogP contribution in [0, 0.1) is 0 Å². The Morgan fingerprint density at radius 3 is 2.65 bits per heavy atom. The van der Waals surface area contributed by atoms with Gasteiger partial charge in [0.05, 0.1) is 12.8 Å². The molecule has 0 bridgehead atoms. The van der Waals surface area contributed by atoms with Crippen LogP contribution in [0.5, 0.6) is 11.5 Å². The van der Waals surface area contributed by atoms with Crippen molar-refractivity contribution in [2.75, 3.05) is 7.11 Å². The number of benzene rings is 2. The third-order valence-electron chi connectivity index (χ3n) is 2.65. The summed E-state index contributed by atoms with van der Waals surface area (Å²) in [5, 5.41) is 8.40. The van der Waals surface area contributed by atoms with E-state index in [1.807, 2.05) is 41.9 Å². The maximum absolute atomic E-state index is 8.40. The fourth-order valence-corrected chi connectivity index (χ4v) is 1.66. The van der Waals surface area contributed by atoms with E-state index in [1.165, 1.54) is 6.34 Å². The first-order valence-corrected chi connectivity index (χ1v) is 6.10. The van der Waals surface area contributed by atoms with Gasteiger partial charge >= 0.3 is 0 Å². The number of nitrogens with one attached hydrogen (secondary N) is 1. The van der Waals surface area contributed by atoms with Crippen molar-refractivity contribution >= 4 is 12.0 Å². The van der Waals surface area contributed by atoms with E-state index in [0.29, 0.717) is 6.61 Å². The monoisotopic (exact) mass is 272 g/mol. The molecule has 0 fully saturated rings. The van der Waals surface area contributed by atoms with Gasteiger partial charge in [-0.2, -0.15) is 0 Å². The highest BCUT2D eigenvalue weighted by Crippen LogP contribution is 2.19. The predicted octanol–water partition coefficient (Wildman–Crippen LogP) is 2.91. The predicted molar refractivity (Wildman–Crippen MR) is 76.8 cm³/mol. The molecule has 2 rings (SSSR count). The van der Waals surface area contributed by atoms with Crippen molar-refractivity contribution in [3.63, 3.8) is 0 Å².